The molecule has 7 heteroatoms. The van der Waals surface area contributed by atoms with Gasteiger partial charge in [0.05, 0.1) is 12.1 Å². The first-order valence-electron chi connectivity index (χ1n) is 11.4. The van der Waals surface area contributed by atoms with Gasteiger partial charge in [-0.15, -0.1) is 0 Å². The summed E-state index contributed by atoms with van der Waals surface area (Å²) >= 11 is 0. The second kappa shape index (κ2) is 14.5. The van der Waals surface area contributed by atoms with Crippen molar-refractivity contribution in [1.29, 1.82) is 0 Å². The molecule has 1 amide bonds. The van der Waals surface area contributed by atoms with Crippen LogP contribution in [-0.4, -0.2) is 65.2 Å². The molecule has 3 rings (SSSR count). The van der Waals surface area contributed by atoms with E-state index in [2.05, 4.69) is 24.1 Å². The number of rotatable bonds is 8. The molecule has 1 aliphatic rings. The second-order valence-electron chi connectivity index (χ2n) is 8.28. The largest absolute Gasteiger partial charge is 0.396 e. The molecule has 3 unspecified atom stereocenters. The summed E-state index contributed by atoms with van der Waals surface area (Å²) in [6.07, 6.45) is 6.18. The van der Waals surface area contributed by atoms with Crippen LogP contribution in [0.5, 0.6) is 0 Å². The number of likely N-dealkylation sites (N-methyl/N-ethyl adjacent to an activating group) is 1. The van der Waals surface area contributed by atoms with E-state index in [0.29, 0.717) is 18.9 Å². The van der Waals surface area contributed by atoms with E-state index in [-0.39, 0.29) is 17.7 Å². The molecule has 7 nitrogen and oxygen atoms in total. The van der Waals surface area contributed by atoms with E-state index in [0.717, 1.165) is 42.1 Å². The quantitative estimate of drug-likeness (QED) is 0.542. The molecule has 32 heavy (non-hydrogen) atoms. The van der Waals surface area contributed by atoms with Crippen LogP contribution in [0.4, 0.5) is 0 Å². The first-order valence-corrected chi connectivity index (χ1v) is 11.4. The van der Waals surface area contributed by atoms with Crippen LogP contribution in [0.25, 0.3) is 10.9 Å². The number of nitrogens with one attached hydrogen (secondary N) is 2. The zero-order valence-electron chi connectivity index (χ0n) is 20.1. The van der Waals surface area contributed by atoms with E-state index in [1.54, 1.807) is 0 Å². The monoisotopic (exact) mass is 445 g/mol. The molecule has 2 heterocycles. The van der Waals surface area contributed by atoms with Gasteiger partial charge in [0.1, 0.15) is 6.29 Å². The number of H-pyrrole nitrogens is 1. The van der Waals surface area contributed by atoms with Gasteiger partial charge in [0.15, 0.2) is 5.78 Å². The average Bonchev–Trinajstić information content (AvgIpc) is 3.16. The van der Waals surface area contributed by atoms with E-state index in [4.69, 9.17) is 9.90 Å². The van der Waals surface area contributed by atoms with Crippen LogP contribution in [0.3, 0.4) is 0 Å². The van der Waals surface area contributed by atoms with E-state index in [1.165, 1.54) is 20.3 Å². The number of aliphatic hydroxyl groups is 1. The number of nitrogens with zero attached hydrogens (tertiary/aromatic N) is 1. The molecule has 178 valence electrons. The third-order valence-electron chi connectivity index (χ3n) is 5.81. The Bertz CT molecular complexity index is 849. The fourth-order valence-electron chi connectivity index (χ4n) is 3.36. The van der Waals surface area contributed by atoms with Gasteiger partial charge in [0, 0.05) is 36.7 Å². The van der Waals surface area contributed by atoms with E-state index in [1.807, 2.05) is 42.4 Å². The second-order valence-corrected chi connectivity index (χ2v) is 8.28. The maximum atomic E-state index is 12.2. The van der Waals surface area contributed by atoms with E-state index < -0.39 is 6.04 Å². The van der Waals surface area contributed by atoms with Gasteiger partial charge < -0.3 is 20.2 Å². The van der Waals surface area contributed by atoms with Gasteiger partial charge in [-0.05, 0) is 51.3 Å². The number of aromatic amines is 1. The molecule has 1 fully saturated rings. The number of fused-ring (bicyclic) bond motifs is 1. The lowest BCUT2D eigenvalue weighted by atomic mass is 9.99. The number of para-hydroxylation sites is 1. The molecule has 1 aliphatic heterocycles. The summed E-state index contributed by atoms with van der Waals surface area (Å²) in [6, 6.07) is 7.41. The molecular formula is C25H39N3O4. The number of aromatic nitrogens is 1. The Morgan fingerprint density at radius 3 is 2.47 bits per heavy atom. The van der Waals surface area contributed by atoms with Crippen molar-refractivity contribution in [2.75, 3.05) is 20.2 Å². The highest BCUT2D eigenvalue weighted by molar-refractivity contribution is 5.91. The van der Waals surface area contributed by atoms with Crippen LogP contribution >= 0.6 is 0 Å². The summed E-state index contributed by atoms with van der Waals surface area (Å²) in [7, 11) is 1.93. The number of likely N-dealkylation sites (tertiary alicyclic amines) is 1. The lowest BCUT2D eigenvalue weighted by Gasteiger charge is -2.37. The maximum absolute atomic E-state index is 12.2. The summed E-state index contributed by atoms with van der Waals surface area (Å²) in [4.78, 5) is 38.2. The standard InChI is InChI=1S/C17H21N3O2.C6H14O.C2H4O/c1-11(21)15(19-17(22)16-7-8-20(16)2)9-12-10-18-14-6-4-3-5-13(12)14;1-3-6(2)4-5-7;1-2-3/h3-6,10,15-16,18H,7-9H2,1-2H3,(H,19,22);6-7H,3-5H2,1-2H3;2H,1H3. The van der Waals surface area contributed by atoms with Crippen LogP contribution in [0.15, 0.2) is 30.5 Å². The Hall–Kier alpha value is -2.51. The minimum atomic E-state index is -0.472. The van der Waals surface area contributed by atoms with Crippen molar-refractivity contribution in [3.8, 4) is 0 Å². The molecule has 1 aromatic carbocycles. The van der Waals surface area contributed by atoms with Crippen molar-refractivity contribution in [2.24, 2.45) is 5.92 Å². The highest BCUT2D eigenvalue weighted by atomic mass is 16.3. The van der Waals surface area contributed by atoms with Gasteiger partial charge in [-0.25, -0.2) is 0 Å². The first kappa shape index (κ1) is 27.5. The lowest BCUT2D eigenvalue weighted by molar-refractivity contribution is -0.133. The lowest BCUT2D eigenvalue weighted by Crippen LogP contribution is -2.57. The molecule has 3 atom stereocenters. The third-order valence-corrected chi connectivity index (χ3v) is 5.81. The zero-order chi connectivity index (χ0) is 24.1. The number of benzene rings is 1. The van der Waals surface area contributed by atoms with Crippen molar-refractivity contribution < 1.29 is 19.5 Å². The summed E-state index contributed by atoms with van der Waals surface area (Å²) in [5, 5.41) is 12.4. The molecule has 0 bridgehead atoms. The topological polar surface area (TPSA) is 103 Å². The van der Waals surface area contributed by atoms with Gasteiger partial charge in [-0.3, -0.25) is 14.5 Å². The molecule has 1 saturated heterocycles. The van der Waals surface area contributed by atoms with Crippen LogP contribution in [0.2, 0.25) is 0 Å². The normalized spacial score (nSPS) is 17.0. The number of hydrogen-bond donors (Lipinski definition) is 3. The smallest absolute Gasteiger partial charge is 0.237 e. The number of carbonyl (C=O) groups is 3. The van der Waals surface area contributed by atoms with E-state index in [9.17, 15) is 9.59 Å². The third kappa shape index (κ3) is 8.55. The number of aliphatic hydroxyl groups excluding tert-OH is 1. The van der Waals surface area contributed by atoms with Crippen molar-refractivity contribution in [1.82, 2.24) is 15.2 Å². The molecule has 3 N–H and O–H groups in total. The SMILES string of the molecule is CC(=O)C(Cc1c[nH]c2ccccc12)NC(=O)C1CCN1C.CC=O.CCC(C)CCO. The Morgan fingerprint density at radius 1 is 1.34 bits per heavy atom. The fraction of sp³-hybridized carbons (Fsp3) is 0.560. The molecular weight excluding hydrogens is 406 g/mol. The molecule has 1 aromatic heterocycles. The van der Waals surface area contributed by atoms with E-state index >= 15 is 0 Å². The molecule has 0 aliphatic carbocycles. The van der Waals surface area contributed by atoms with Gasteiger partial charge in [0.25, 0.3) is 0 Å². The maximum Gasteiger partial charge on any atom is 0.237 e. The number of Topliss-reactive ketones (excluding diaryl/α,β-unsaturated/α-hetero) is 1. The predicted octanol–water partition coefficient (Wildman–Crippen LogP) is 3.11. The van der Waals surface area contributed by atoms with Crippen molar-refractivity contribution in [3.05, 3.63) is 36.0 Å². The number of ketones is 1. The van der Waals surface area contributed by atoms with Gasteiger partial charge in [-0.2, -0.15) is 0 Å². The van der Waals surface area contributed by atoms with Crippen molar-refractivity contribution >= 4 is 28.9 Å². The van der Waals surface area contributed by atoms with Crippen LogP contribution < -0.4 is 5.32 Å². The van der Waals surface area contributed by atoms with Gasteiger partial charge in [0.2, 0.25) is 5.91 Å². The number of carbonyl (C=O) groups excluding carboxylic acids is 3. The minimum absolute atomic E-state index is 0.0133. The van der Waals surface area contributed by atoms with Crippen LogP contribution in [0.1, 0.15) is 52.5 Å². The molecule has 2 aromatic rings. The molecule has 0 spiro atoms. The Balaban J connectivity index is 0.000000433. The predicted molar refractivity (Wildman–Crippen MR) is 129 cm³/mol. The Labute approximate surface area is 191 Å². The number of hydrogen-bond acceptors (Lipinski definition) is 5. The number of amides is 1. The highest BCUT2D eigenvalue weighted by Crippen LogP contribution is 2.20. The molecule has 0 saturated carbocycles. The summed E-state index contributed by atoms with van der Waals surface area (Å²) in [6.45, 7) is 8.54. The zero-order valence-corrected chi connectivity index (χ0v) is 20.1. The average molecular weight is 446 g/mol. The number of aldehydes is 1. The summed E-state index contributed by atoms with van der Waals surface area (Å²) in [5.74, 6) is 0.638. The van der Waals surface area contributed by atoms with Gasteiger partial charge >= 0.3 is 0 Å². The highest BCUT2D eigenvalue weighted by Gasteiger charge is 2.32. The fourth-order valence-corrected chi connectivity index (χ4v) is 3.36. The van der Waals surface area contributed by atoms with Gasteiger partial charge in [-0.1, -0.05) is 38.5 Å². The Kier molecular flexibility index (Phi) is 12.5. The van der Waals surface area contributed by atoms with Crippen molar-refractivity contribution in [3.63, 3.8) is 0 Å². The summed E-state index contributed by atoms with van der Waals surface area (Å²) in [5.41, 5.74) is 2.10. The van der Waals surface area contributed by atoms with Crippen LogP contribution in [-0.2, 0) is 20.8 Å². The summed E-state index contributed by atoms with van der Waals surface area (Å²) < 4.78 is 0. The Morgan fingerprint density at radius 2 is 2.00 bits per heavy atom. The minimum Gasteiger partial charge on any atom is -0.396 e. The first-order chi connectivity index (χ1) is 15.3. The van der Waals surface area contributed by atoms with Crippen molar-refractivity contribution in [2.45, 2.75) is 65.5 Å². The molecule has 0 radical (unpaired) electrons. The van der Waals surface area contributed by atoms with Crippen LogP contribution in [0, 0.1) is 5.92 Å².